The Morgan fingerprint density at radius 1 is 1.00 bits per heavy atom. The second kappa shape index (κ2) is 7.84. The standard InChI is InChI=1S/C14H21Cl2N/c1-3-5-6-11-17(10-4-2)13-9-7-8-12(15)14(13)16/h7-9H,3-6,10-11H2,1-2H3. The number of hydrogen-bond donors (Lipinski definition) is 0. The monoisotopic (exact) mass is 273 g/mol. The topological polar surface area (TPSA) is 3.24 Å². The van der Waals surface area contributed by atoms with Crippen molar-refractivity contribution in [3.63, 3.8) is 0 Å². The van der Waals surface area contributed by atoms with Crippen LogP contribution in [-0.4, -0.2) is 13.1 Å². The lowest BCUT2D eigenvalue weighted by molar-refractivity contribution is 0.669. The number of rotatable bonds is 7. The van der Waals surface area contributed by atoms with Crippen molar-refractivity contribution in [2.75, 3.05) is 18.0 Å². The largest absolute Gasteiger partial charge is 0.370 e. The van der Waals surface area contributed by atoms with Crippen LogP contribution in [0.3, 0.4) is 0 Å². The van der Waals surface area contributed by atoms with Crippen LogP contribution in [0.1, 0.15) is 39.5 Å². The molecule has 96 valence electrons. The van der Waals surface area contributed by atoms with Gasteiger partial charge in [-0.15, -0.1) is 0 Å². The maximum atomic E-state index is 6.26. The first kappa shape index (κ1) is 14.7. The van der Waals surface area contributed by atoms with Crippen LogP contribution in [-0.2, 0) is 0 Å². The van der Waals surface area contributed by atoms with Gasteiger partial charge in [0.25, 0.3) is 0 Å². The van der Waals surface area contributed by atoms with Gasteiger partial charge in [0, 0.05) is 13.1 Å². The maximum Gasteiger partial charge on any atom is 0.0825 e. The third kappa shape index (κ3) is 4.40. The number of nitrogens with zero attached hydrogens (tertiary/aromatic N) is 1. The van der Waals surface area contributed by atoms with E-state index in [0.717, 1.165) is 25.2 Å². The number of unbranched alkanes of at least 4 members (excludes halogenated alkanes) is 2. The Labute approximate surface area is 115 Å². The van der Waals surface area contributed by atoms with E-state index in [1.54, 1.807) is 0 Å². The molecule has 0 saturated heterocycles. The molecule has 0 radical (unpaired) electrons. The molecule has 0 aromatic heterocycles. The van der Waals surface area contributed by atoms with E-state index in [0.29, 0.717) is 10.0 Å². The molecule has 1 aromatic rings. The third-order valence-corrected chi connectivity index (χ3v) is 3.61. The zero-order valence-corrected chi connectivity index (χ0v) is 12.2. The number of halogens is 2. The van der Waals surface area contributed by atoms with E-state index in [-0.39, 0.29) is 0 Å². The van der Waals surface area contributed by atoms with Crippen molar-refractivity contribution < 1.29 is 0 Å². The quantitative estimate of drug-likeness (QED) is 0.602. The molecular formula is C14H21Cl2N. The molecule has 0 aliphatic carbocycles. The first-order chi connectivity index (χ1) is 8.20. The number of anilines is 1. The molecule has 1 aromatic carbocycles. The molecule has 0 saturated carbocycles. The Balaban J connectivity index is 2.77. The SMILES string of the molecule is CCCCCN(CCC)c1cccc(Cl)c1Cl. The van der Waals surface area contributed by atoms with Gasteiger partial charge in [0.05, 0.1) is 15.7 Å². The highest BCUT2D eigenvalue weighted by atomic mass is 35.5. The fourth-order valence-electron chi connectivity index (χ4n) is 1.91. The molecule has 0 spiro atoms. The van der Waals surface area contributed by atoms with Gasteiger partial charge < -0.3 is 4.90 Å². The average molecular weight is 274 g/mol. The summed E-state index contributed by atoms with van der Waals surface area (Å²) in [6.07, 6.45) is 4.83. The highest BCUT2D eigenvalue weighted by molar-refractivity contribution is 6.43. The molecule has 3 heteroatoms. The summed E-state index contributed by atoms with van der Waals surface area (Å²) in [6.45, 7) is 6.49. The van der Waals surface area contributed by atoms with Gasteiger partial charge in [-0.3, -0.25) is 0 Å². The van der Waals surface area contributed by atoms with E-state index >= 15 is 0 Å². The normalized spacial score (nSPS) is 10.6. The van der Waals surface area contributed by atoms with Gasteiger partial charge in [-0.1, -0.05) is 56.0 Å². The van der Waals surface area contributed by atoms with Crippen LogP contribution in [0, 0.1) is 0 Å². The molecule has 0 heterocycles. The van der Waals surface area contributed by atoms with Gasteiger partial charge in [0.2, 0.25) is 0 Å². The van der Waals surface area contributed by atoms with Crippen LogP contribution >= 0.6 is 23.2 Å². The fraction of sp³-hybridized carbons (Fsp3) is 0.571. The molecule has 0 aliphatic heterocycles. The lowest BCUT2D eigenvalue weighted by atomic mass is 10.2. The van der Waals surface area contributed by atoms with Crippen LogP contribution in [0.25, 0.3) is 0 Å². The molecule has 0 bridgehead atoms. The Kier molecular flexibility index (Phi) is 6.76. The van der Waals surface area contributed by atoms with Crippen molar-refractivity contribution in [1.82, 2.24) is 0 Å². The van der Waals surface area contributed by atoms with Crippen LogP contribution < -0.4 is 4.90 Å². The first-order valence-electron chi connectivity index (χ1n) is 6.39. The number of benzene rings is 1. The van der Waals surface area contributed by atoms with E-state index in [2.05, 4.69) is 24.8 Å². The molecular weight excluding hydrogens is 253 g/mol. The lowest BCUT2D eigenvalue weighted by Crippen LogP contribution is -2.25. The van der Waals surface area contributed by atoms with Gasteiger partial charge in [-0.2, -0.15) is 0 Å². The smallest absolute Gasteiger partial charge is 0.0825 e. The molecule has 17 heavy (non-hydrogen) atoms. The summed E-state index contributed by atoms with van der Waals surface area (Å²) in [6, 6.07) is 5.85. The van der Waals surface area contributed by atoms with E-state index in [4.69, 9.17) is 23.2 Å². The Morgan fingerprint density at radius 2 is 1.76 bits per heavy atom. The third-order valence-electron chi connectivity index (χ3n) is 2.80. The summed E-state index contributed by atoms with van der Waals surface area (Å²) in [7, 11) is 0. The van der Waals surface area contributed by atoms with Crippen molar-refractivity contribution in [1.29, 1.82) is 0 Å². The van der Waals surface area contributed by atoms with Crippen molar-refractivity contribution in [3.05, 3.63) is 28.2 Å². The summed E-state index contributed by atoms with van der Waals surface area (Å²) < 4.78 is 0. The fourth-order valence-corrected chi connectivity index (χ4v) is 2.33. The van der Waals surface area contributed by atoms with Gasteiger partial charge >= 0.3 is 0 Å². The molecule has 0 fully saturated rings. The molecule has 1 nitrogen and oxygen atoms in total. The Morgan fingerprint density at radius 3 is 2.41 bits per heavy atom. The van der Waals surface area contributed by atoms with Crippen LogP contribution in [0.15, 0.2) is 18.2 Å². The zero-order chi connectivity index (χ0) is 12.7. The van der Waals surface area contributed by atoms with E-state index in [1.807, 2.05) is 12.1 Å². The van der Waals surface area contributed by atoms with Gasteiger partial charge in [0.15, 0.2) is 0 Å². The second-order valence-electron chi connectivity index (χ2n) is 4.27. The van der Waals surface area contributed by atoms with Crippen LogP contribution in [0.5, 0.6) is 0 Å². The minimum absolute atomic E-state index is 0.640. The predicted molar refractivity (Wildman–Crippen MR) is 78.5 cm³/mol. The van der Waals surface area contributed by atoms with E-state index in [1.165, 1.54) is 19.3 Å². The minimum Gasteiger partial charge on any atom is -0.370 e. The van der Waals surface area contributed by atoms with Crippen molar-refractivity contribution in [3.8, 4) is 0 Å². The molecule has 0 N–H and O–H groups in total. The maximum absolute atomic E-state index is 6.26. The summed E-state index contributed by atoms with van der Waals surface area (Å²) >= 11 is 12.3. The molecule has 0 atom stereocenters. The Bertz CT molecular complexity index is 339. The van der Waals surface area contributed by atoms with Gasteiger partial charge in [-0.05, 0) is 25.0 Å². The predicted octanol–water partition coefficient (Wildman–Crippen LogP) is 5.40. The second-order valence-corrected chi connectivity index (χ2v) is 5.05. The van der Waals surface area contributed by atoms with Crippen molar-refractivity contribution in [2.45, 2.75) is 39.5 Å². The van der Waals surface area contributed by atoms with E-state index < -0.39 is 0 Å². The molecule has 0 unspecified atom stereocenters. The lowest BCUT2D eigenvalue weighted by Gasteiger charge is -2.25. The van der Waals surface area contributed by atoms with E-state index in [9.17, 15) is 0 Å². The van der Waals surface area contributed by atoms with Crippen LogP contribution in [0.4, 0.5) is 5.69 Å². The summed E-state index contributed by atoms with van der Waals surface area (Å²) in [4.78, 5) is 2.34. The molecule has 1 rings (SSSR count). The summed E-state index contributed by atoms with van der Waals surface area (Å²) in [5, 5.41) is 1.32. The number of hydrogen-bond acceptors (Lipinski definition) is 1. The molecule has 0 aliphatic rings. The highest BCUT2D eigenvalue weighted by Gasteiger charge is 2.11. The zero-order valence-electron chi connectivity index (χ0n) is 10.7. The molecule has 0 amide bonds. The van der Waals surface area contributed by atoms with Crippen molar-refractivity contribution >= 4 is 28.9 Å². The van der Waals surface area contributed by atoms with Crippen molar-refractivity contribution in [2.24, 2.45) is 0 Å². The van der Waals surface area contributed by atoms with Gasteiger partial charge in [-0.25, -0.2) is 0 Å². The summed E-state index contributed by atoms with van der Waals surface area (Å²) in [5.41, 5.74) is 1.07. The van der Waals surface area contributed by atoms with Crippen LogP contribution in [0.2, 0.25) is 10.0 Å². The average Bonchev–Trinajstić information content (AvgIpc) is 2.32. The highest BCUT2D eigenvalue weighted by Crippen LogP contribution is 2.32. The van der Waals surface area contributed by atoms with Gasteiger partial charge in [0.1, 0.15) is 0 Å². The first-order valence-corrected chi connectivity index (χ1v) is 7.15. The Hall–Kier alpha value is -0.400. The minimum atomic E-state index is 0.640. The summed E-state index contributed by atoms with van der Waals surface area (Å²) in [5.74, 6) is 0.